The van der Waals surface area contributed by atoms with Crippen LogP contribution in [0.1, 0.15) is 40.5 Å². The SMILES string of the molecule is CCC1C(=O)NC(C)(C)C(=O)N1C(C)CCSC. The van der Waals surface area contributed by atoms with E-state index < -0.39 is 5.54 Å². The van der Waals surface area contributed by atoms with Crippen molar-refractivity contribution in [3.8, 4) is 0 Å². The quantitative estimate of drug-likeness (QED) is 0.828. The number of nitrogens with one attached hydrogen (secondary N) is 1. The van der Waals surface area contributed by atoms with Gasteiger partial charge in [0.25, 0.3) is 0 Å². The van der Waals surface area contributed by atoms with E-state index in [0.29, 0.717) is 6.42 Å². The van der Waals surface area contributed by atoms with Gasteiger partial charge in [0, 0.05) is 6.04 Å². The van der Waals surface area contributed by atoms with Crippen molar-refractivity contribution in [2.45, 2.75) is 58.2 Å². The Labute approximate surface area is 114 Å². The highest BCUT2D eigenvalue weighted by atomic mass is 32.2. The number of hydrogen-bond acceptors (Lipinski definition) is 3. The van der Waals surface area contributed by atoms with Gasteiger partial charge in [-0.1, -0.05) is 6.92 Å². The van der Waals surface area contributed by atoms with E-state index in [0.717, 1.165) is 12.2 Å². The Morgan fingerprint density at radius 2 is 2.06 bits per heavy atom. The Hall–Kier alpha value is -0.710. The molecule has 0 spiro atoms. The van der Waals surface area contributed by atoms with Crippen LogP contribution < -0.4 is 5.32 Å². The predicted molar refractivity (Wildman–Crippen MR) is 75.6 cm³/mol. The molecule has 0 bridgehead atoms. The first-order chi connectivity index (χ1) is 8.35. The molecule has 1 aliphatic rings. The molecule has 0 aromatic rings. The molecular weight excluding hydrogens is 248 g/mol. The average Bonchev–Trinajstić information content (AvgIpc) is 2.29. The molecule has 0 aliphatic carbocycles. The van der Waals surface area contributed by atoms with E-state index in [9.17, 15) is 9.59 Å². The summed E-state index contributed by atoms with van der Waals surface area (Å²) in [5, 5.41) is 2.81. The Morgan fingerprint density at radius 3 is 2.56 bits per heavy atom. The summed E-state index contributed by atoms with van der Waals surface area (Å²) in [7, 11) is 0. The standard InChI is InChI=1S/C13H24N2O2S/c1-6-10-11(16)14-13(3,4)12(17)15(10)9(2)7-8-18-5/h9-10H,6-8H2,1-5H3,(H,14,16). The van der Waals surface area contributed by atoms with Gasteiger partial charge in [-0.3, -0.25) is 9.59 Å². The van der Waals surface area contributed by atoms with E-state index in [1.165, 1.54) is 0 Å². The minimum Gasteiger partial charge on any atom is -0.340 e. The summed E-state index contributed by atoms with van der Waals surface area (Å²) < 4.78 is 0. The van der Waals surface area contributed by atoms with E-state index >= 15 is 0 Å². The summed E-state index contributed by atoms with van der Waals surface area (Å²) >= 11 is 1.77. The molecule has 1 aliphatic heterocycles. The second kappa shape index (κ2) is 5.95. The number of piperazine rings is 1. The summed E-state index contributed by atoms with van der Waals surface area (Å²) in [6.07, 6.45) is 3.64. The second-order valence-electron chi connectivity index (χ2n) is 5.38. The lowest BCUT2D eigenvalue weighted by Crippen LogP contribution is -2.69. The van der Waals surface area contributed by atoms with Gasteiger partial charge in [-0.25, -0.2) is 0 Å². The Balaban J connectivity index is 2.93. The van der Waals surface area contributed by atoms with Gasteiger partial charge in [-0.05, 0) is 45.6 Å². The normalized spacial score (nSPS) is 24.9. The molecule has 1 rings (SSSR count). The highest BCUT2D eigenvalue weighted by Crippen LogP contribution is 2.24. The minimum atomic E-state index is -0.781. The van der Waals surface area contributed by atoms with Gasteiger partial charge in [0.2, 0.25) is 11.8 Å². The molecular formula is C13H24N2O2S. The van der Waals surface area contributed by atoms with Crippen molar-refractivity contribution in [2.24, 2.45) is 0 Å². The predicted octanol–water partition coefficient (Wildman–Crippen LogP) is 1.64. The van der Waals surface area contributed by atoms with Crippen molar-refractivity contribution in [1.82, 2.24) is 10.2 Å². The summed E-state index contributed by atoms with van der Waals surface area (Å²) in [6, 6.07) is -0.206. The Kier molecular flexibility index (Phi) is 5.08. The van der Waals surface area contributed by atoms with Crippen molar-refractivity contribution in [3.05, 3.63) is 0 Å². The molecule has 2 atom stereocenters. The number of amides is 2. The zero-order valence-electron chi connectivity index (χ0n) is 11.9. The molecule has 1 heterocycles. The molecule has 4 nitrogen and oxygen atoms in total. The fraction of sp³-hybridized carbons (Fsp3) is 0.846. The van der Waals surface area contributed by atoms with Crippen molar-refractivity contribution in [1.29, 1.82) is 0 Å². The molecule has 1 N–H and O–H groups in total. The smallest absolute Gasteiger partial charge is 0.248 e. The van der Waals surface area contributed by atoms with Crippen molar-refractivity contribution in [3.63, 3.8) is 0 Å². The first-order valence-corrected chi connectivity index (χ1v) is 7.88. The van der Waals surface area contributed by atoms with Crippen LogP contribution in [0.25, 0.3) is 0 Å². The highest BCUT2D eigenvalue weighted by molar-refractivity contribution is 7.98. The third-order valence-electron chi connectivity index (χ3n) is 3.44. The number of rotatable bonds is 5. The largest absolute Gasteiger partial charge is 0.340 e. The molecule has 18 heavy (non-hydrogen) atoms. The van der Waals surface area contributed by atoms with Crippen molar-refractivity contribution < 1.29 is 9.59 Å². The van der Waals surface area contributed by atoms with Gasteiger partial charge in [0.15, 0.2) is 0 Å². The zero-order chi connectivity index (χ0) is 13.9. The van der Waals surface area contributed by atoms with E-state index in [-0.39, 0.29) is 23.9 Å². The Bertz CT molecular complexity index is 331. The fourth-order valence-corrected chi connectivity index (χ4v) is 2.93. The minimum absolute atomic E-state index is 0.0295. The van der Waals surface area contributed by atoms with Crippen LogP contribution in [0.5, 0.6) is 0 Å². The highest BCUT2D eigenvalue weighted by Gasteiger charge is 2.45. The molecule has 0 aromatic carbocycles. The molecule has 0 saturated carbocycles. The van der Waals surface area contributed by atoms with Gasteiger partial charge in [-0.15, -0.1) is 0 Å². The molecule has 1 saturated heterocycles. The summed E-state index contributed by atoms with van der Waals surface area (Å²) in [5.41, 5.74) is -0.781. The molecule has 2 unspecified atom stereocenters. The first-order valence-electron chi connectivity index (χ1n) is 6.48. The molecule has 1 fully saturated rings. The monoisotopic (exact) mass is 272 g/mol. The van der Waals surface area contributed by atoms with Crippen LogP contribution in [0.2, 0.25) is 0 Å². The molecule has 0 aromatic heterocycles. The van der Waals surface area contributed by atoms with Crippen LogP contribution in [-0.4, -0.2) is 46.3 Å². The lowest BCUT2D eigenvalue weighted by molar-refractivity contribution is -0.156. The van der Waals surface area contributed by atoms with Crippen LogP contribution in [0.3, 0.4) is 0 Å². The lowest BCUT2D eigenvalue weighted by Gasteiger charge is -2.45. The van der Waals surface area contributed by atoms with Crippen LogP contribution in [0.15, 0.2) is 0 Å². The fourth-order valence-electron chi connectivity index (χ4n) is 2.35. The van der Waals surface area contributed by atoms with Gasteiger partial charge >= 0.3 is 0 Å². The summed E-state index contributed by atoms with van der Waals surface area (Å²) in [4.78, 5) is 26.3. The van der Waals surface area contributed by atoms with E-state index in [4.69, 9.17) is 0 Å². The number of nitrogens with zero attached hydrogens (tertiary/aromatic N) is 1. The maximum Gasteiger partial charge on any atom is 0.248 e. The van der Waals surface area contributed by atoms with Gasteiger partial charge in [-0.2, -0.15) is 11.8 Å². The Morgan fingerprint density at radius 1 is 1.44 bits per heavy atom. The number of carbonyl (C=O) groups excluding carboxylic acids is 2. The maximum absolute atomic E-state index is 12.5. The molecule has 104 valence electrons. The number of carbonyl (C=O) groups is 2. The molecule has 2 amide bonds. The zero-order valence-corrected chi connectivity index (χ0v) is 12.8. The van der Waals surface area contributed by atoms with Gasteiger partial charge in [0.05, 0.1) is 0 Å². The van der Waals surface area contributed by atoms with Gasteiger partial charge < -0.3 is 10.2 Å². The van der Waals surface area contributed by atoms with Crippen LogP contribution in [0, 0.1) is 0 Å². The second-order valence-corrected chi connectivity index (χ2v) is 6.37. The third-order valence-corrected chi connectivity index (χ3v) is 4.09. The molecule has 5 heteroatoms. The van der Waals surface area contributed by atoms with E-state index in [2.05, 4.69) is 11.6 Å². The molecule has 0 radical (unpaired) electrons. The first kappa shape index (κ1) is 15.3. The van der Waals surface area contributed by atoms with Gasteiger partial charge in [0.1, 0.15) is 11.6 Å². The van der Waals surface area contributed by atoms with Crippen molar-refractivity contribution in [2.75, 3.05) is 12.0 Å². The summed E-state index contributed by atoms with van der Waals surface area (Å²) in [5.74, 6) is 1.00. The topological polar surface area (TPSA) is 49.4 Å². The van der Waals surface area contributed by atoms with Crippen LogP contribution in [-0.2, 0) is 9.59 Å². The maximum atomic E-state index is 12.5. The third kappa shape index (κ3) is 2.99. The lowest BCUT2D eigenvalue weighted by atomic mass is 9.93. The van der Waals surface area contributed by atoms with Crippen LogP contribution >= 0.6 is 11.8 Å². The number of thioether (sulfide) groups is 1. The number of hydrogen-bond donors (Lipinski definition) is 1. The average molecular weight is 272 g/mol. The van der Waals surface area contributed by atoms with Crippen LogP contribution in [0.4, 0.5) is 0 Å². The van der Waals surface area contributed by atoms with E-state index in [1.807, 2.05) is 13.8 Å². The summed E-state index contributed by atoms with van der Waals surface area (Å²) in [6.45, 7) is 7.52. The van der Waals surface area contributed by atoms with Crippen molar-refractivity contribution >= 4 is 23.6 Å². The van der Waals surface area contributed by atoms with E-state index in [1.54, 1.807) is 30.5 Å².